The molecule has 0 spiro atoms. The summed E-state index contributed by atoms with van der Waals surface area (Å²) in [6.45, 7) is 2.72. The van der Waals surface area contributed by atoms with E-state index < -0.39 is 56.9 Å². The van der Waals surface area contributed by atoms with Crippen LogP contribution in [0.25, 0.3) is 0 Å². The van der Waals surface area contributed by atoms with Crippen LogP contribution >= 0.6 is 27.5 Å². The maximum absolute atomic E-state index is 14.5. The fourth-order valence-corrected chi connectivity index (χ4v) is 6.83. The maximum atomic E-state index is 14.5. The third-order valence-electron chi connectivity index (χ3n) is 7.69. The molecule has 4 rings (SSSR count). The van der Waals surface area contributed by atoms with Crippen LogP contribution in [0.4, 0.5) is 18.9 Å². The number of halogens is 5. The summed E-state index contributed by atoms with van der Waals surface area (Å²) in [5, 5.41) is 2.31. The van der Waals surface area contributed by atoms with Gasteiger partial charge in [0.1, 0.15) is 12.6 Å². The Balaban J connectivity index is 1.86. The van der Waals surface area contributed by atoms with Crippen molar-refractivity contribution >= 4 is 55.1 Å². The smallest absolute Gasteiger partial charge is 0.352 e. The van der Waals surface area contributed by atoms with E-state index in [1.807, 2.05) is 32.0 Å². The summed E-state index contributed by atoms with van der Waals surface area (Å²) in [5.41, 5.74) is -0.291. The fraction of sp³-hybridized carbons (Fsp3) is 0.257. The third-order valence-corrected chi connectivity index (χ3v) is 10.3. The number of sulfonamides is 1. The van der Waals surface area contributed by atoms with Crippen molar-refractivity contribution in [2.45, 2.75) is 56.4 Å². The number of nitrogens with one attached hydrogen (secondary N) is 1. The van der Waals surface area contributed by atoms with Crippen molar-refractivity contribution in [3.05, 3.63) is 129 Å². The Morgan fingerprint density at radius 1 is 0.896 bits per heavy atom. The molecule has 2 atom stereocenters. The molecule has 0 heterocycles. The van der Waals surface area contributed by atoms with Crippen molar-refractivity contribution in [1.82, 2.24) is 10.2 Å². The molecular formula is C35H34BrClF3N3O4S. The molecule has 0 saturated carbocycles. The second-order valence-corrected chi connectivity index (χ2v) is 14.3. The minimum absolute atomic E-state index is 0.0921. The second kappa shape index (κ2) is 16.0. The number of amides is 2. The molecule has 0 aliphatic heterocycles. The number of nitrogens with zero attached hydrogens (tertiary/aromatic N) is 2. The van der Waals surface area contributed by atoms with Gasteiger partial charge in [0.15, 0.2) is 0 Å². The van der Waals surface area contributed by atoms with Gasteiger partial charge in [-0.2, -0.15) is 13.2 Å². The van der Waals surface area contributed by atoms with Crippen molar-refractivity contribution in [3.8, 4) is 0 Å². The van der Waals surface area contributed by atoms with E-state index in [1.165, 1.54) is 29.2 Å². The van der Waals surface area contributed by atoms with Crippen LogP contribution < -0.4 is 9.62 Å². The van der Waals surface area contributed by atoms with Crippen molar-refractivity contribution in [1.29, 1.82) is 0 Å². The monoisotopic (exact) mass is 763 g/mol. The summed E-state index contributed by atoms with van der Waals surface area (Å²) in [7, 11) is -4.60. The van der Waals surface area contributed by atoms with E-state index in [-0.39, 0.29) is 23.9 Å². The van der Waals surface area contributed by atoms with E-state index in [0.29, 0.717) is 22.4 Å². The number of rotatable bonds is 13. The minimum Gasteiger partial charge on any atom is -0.352 e. The first-order valence-electron chi connectivity index (χ1n) is 15.0. The van der Waals surface area contributed by atoms with Gasteiger partial charge < -0.3 is 10.2 Å². The van der Waals surface area contributed by atoms with E-state index in [2.05, 4.69) is 21.2 Å². The predicted octanol–water partition coefficient (Wildman–Crippen LogP) is 7.87. The molecule has 0 aromatic heterocycles. The van der Waals surface area contributed by atoms with E-state index in [1.54, 1.807) is 42.5 Å². The van der Waals surface area contributed by atoms with Gasteiger partial charge in [0.2, 0.25) is 11.8 Å². The molecule has 0 bridgehead atoms. The number of anilines is 1. The normalized spacial score (nSPS) is 13.0. The number of hydrogen-bond acceptors (Lipinski definition) is 4. The number of carbonyl (C=O) groups excluding carboxylic acids is 2. The number of carbonyl (C=O) groups is 2. The highest BCUT2D eigenvalue weighted by atomic mass is 79.9. The fourth-order valence-electron chi connectivity index (χ4n) is 4.92. The molecule has 4 aromatic carbocycles. The Morgan fingerprint density at radius 3 is 2.08 bits per heavy atom. The van der Waals surface area contributed by atoms with Crippen molar-refractivity contribution in [3.63, 3.8) is 0 Å². The summed E-state index contributed by atoms with van der Waals surface area (Å²) in [5.74, 6) is -1.26. The van der Waals surface area contributed by atoms with Crippen LogP contribution in [0, 0.1) is 0 Å². The lowest BCUT2D eigenvalue weighted by Gasteiger charge is -2.34. The van der Waals surface area contributed by atoms with Crippen LogP contribution in [0.1, 0.15) is 37.0 Å². The average molecular weight is 765 g/mol. The molecule has 0 fully saturated rings. The zero-order chi connectivity index (χ0) is 35.1. The van der Waals surface area contributed by atoms with E-state index >= 15 is 0 Å². The summed E-state index contributed by atoms with van der Waals surface area (Å²) in [6.07, 6.45) is -4.19. The summed E-state index contributed by atoms with van der Waals surface area (Å²) in [4.78, 5) is 29.4. The molecule has 13 heteroatoms. The summed E-state index contributed by atoms with van der Waals surface area (Å²) >= 11 is 9.26. The van der Waals surface area contributed by atoms with E-state index in [9.17, 15) is 31.2 Å². The molecule has 254 valence electrons. The van der Waals surface area contributed by atoms with Crippen LogP contribution in [-0.2, 0) is 38.8 Å². The molecule has 0 unspecified atom stereocenters. The average Bonchev–Trinajstić information content (AvgIpc) is 3.06. The first kappa shape index (κ1) is 37.0. The van der Waals surface area contributed by atoms with Crippen LogP contribution in [0.15, 0.2) is 112 Å². The second-order valence-electron chi connectivity index (χ2n) is 11.2. The standard InChI is InChI=1S/C35H34BrClF3N3O4S/c1-3-24(2)41-34(45)32(20-25-10-6-4-7-11-25)42(22-26-14-16-27(36)17-15-26)33(44)23-43(48(46,47)29-12-8-5-9-13-29)28-18-19-31(37)30(21-28)35(38,39)40/h4-19,21,24,32H,3,20,22-23H2,1-2H3,(H,41,45)/t24-,32-/m0/s1. The van der Waals surface area contributed by atoms with E-state index in [4.69, 9.17) is 11.6 Å². The van der Waals surface area contributed by atoms with Gasteiger partial charge in [-0.25, -0.2) is 8.42 Å². The van der Waals surface area contributed by atoms with Gasteiger partial charge in [0, 0.05) is 23.5 Å². The molecule has 0 aliphatic rings. The van der Waals surface area contributed by atoms with Gasteiger partial charge >= 0.3 is 6.18 Å². The SMILES string of the molecule is CC[C@H](C)NC(=O)[C@H](Cc1ccccc1)N(Cc1ccc(Br)cc1)C(=O)CN(c1ccc(Cl)c(C(F)(F)F)c1)S(=O)(=O)c1ccccc1. The van der Waals surface area contributed by atoms with Gasteiger partial charge in [-0.05, 0) is 66.9 Å². The van der Waals surface area contributed by atoms with Gasteiger partial charge in [-0.3, -0.25) is 13.9 Å². The van der Waals surface area contributed by atoms with Gasteiger partial charge in [0.25, 0.3) is 10.0 Å². The van der Waals surface area contributed by atoms with Crippen LogP contribution in [-0.4, -0.2) is 43.8 Å². The highest BCUT2D eigenvalue weighted by Gasteiger charge is 2.37. The number of benzene rings is 4. The molecule has 4 aromatic rings. The molecule has 0 aliphatic carbocycles. The van der Waals surface area contributed by atoms with Crippen LogP contribution in [0.2, 0.25) is 5.02 Å². The number of alkyl halides is 3. The zero-order valence-electron chi connectivity index (χ0n) is 26.1. The first-order chi connectivity index (χ1) is 22.7. The Hall–Kier alpha value is -3.87. The third kappa shape index (κ3) is 9.39. The lowest BCUT2D eigenvalue weighted by molar-refractivity contribution is -0.140. The predicted molar refractivity (Wildman–Crippen MR) is 184 cm³/mol. The van der Waals surface area contributed by atoms with Crippen molar-refractivity contribution < 1.29 is 31.2 Å². The summed E-state index contributed by atoms with van der Waals surface area (Å²) < 4.78 is 71.3. The largest absolute Gasteiger partial charge is 0.417 e. The molecular weight excluding hydrogens is 731 g/mol. The van der Waals surface area contributed by atoms with Crippen LogP contribution in [0.3, 0.4) is 0 Å². The van der Waals surface area contributed by atoms with Crippen LogP contribution in [0.5, 0.6) is 0 Å². The summed E-state index contributed by atoms with van der Waals surface area (Å²) in [6, 6.07) is 24.5. The lowest BCUT2D eigenvalue weighted by Crippen LogP contribution is -2.54. The van der Waals surface area contributed by atoms with Gasteiger partial charge in [-0.1, -0.05) is 95.1 Å². The molecule has 2 amide bonds. The first-order valence-corrected chi connectivity index (χ1v) is 17.6. The van der Waals surface area contributed by atoms with Crippen molar-refractivity contribution in [2.24, 2.45) is 0 Å². The quantitative estimate of drug-likeness (QED) is 0.150. The molecule has 0 saturated heterocycles. The van der Waals surface area contributed by atoms with Gasteiger partial charge in [-0.15, -0.1) is 0 Å². The molecule has 48 heavy (non-hydrogen) atoms. The Kier molecular flexibility index (Phi) is 12.3. The van der Waals surface area contributed by atoms with Crippen molar-refractivity contribution in [2.75, 3.05) is 10.8 Å². The Morgan fingerprint density at radius 2 is 1.50 bits per heavy atom. The lowest BCUT2D eigenvalue weighted by atomic mass is 10.0. The van der Waals surface area contributed by atoms with E-state index in [0.717, 1.165) is 22.2 Å². The molecule has 0 radical (unpaired) electrons. The highest BCUT2D eigenvalue weighted by Crippen LogP contribution is 2.38. The maximum Gasteiger partial charge on any atom is 0.417 e. The molecule has 1 N–H and O–H groups in total. The topological polar surface area (TPSA) is 86.8 Å². The number of hydrogen-bond donors (Lipinski definition) is 1. The Labute approximate surface area is 291 Å². The minimum atomic E-state index is -4.90. The zero-order valence-corrected chi connectivity index (χ0v) is 29.3. The highest BCUT2D eigenvalue weighted by molar-refractivity contribution is 9.10. The van der Waals surface area contributed by atoms with Gasteiger partial charge in [0.05, 0.1) is 21.2 Å². The Bertz CT molecular complexity index is 1810. The molecule has 7 nitrogen and oxygen atoms in total.